The summed E-state index contributed by atoms with van der Waals surface area (Å²) in [6.45, 7) is 8.73. The molecule has 24 heavy (non-hydrogen) atoms. The summed E-state index contributed by atoms with van der Waals surface area (Å²) in [5.41, 5.74) is 6.96. The third-order valence-electron chi connectivity index (χ3n) is 3.65. The van der Waals surface area contributed by atoms with E-state index in [-0.39, 0.29) is 17.9 Å². The fourth-order valence-corrected chi connectivity index (χ4v) is 2.22. The number of carbonyl (C=O) groups is 1. The van der Waals surface area contributed by atoms with Gasteiger partial charge in [-0.1, -0.05) is 57.2 Å². The predicted octanol–water partition coefficient (Wildman–Crippen LogP) is 3.85. The number of hydrazone groups is 1. The zero-order valence-corrected chi connectivity index (χ0v) is 14.8. The number of hydrogen-bond acceptors (Lipinski definition) is 3. The van der Waals surface area contributed by atoms with Crippen LogP contribution in [0.1, 0.15) is 37.5 Å². The highest BCUT2D eigenvalue weighted by Crippen LogP contribution is 2.21. The van der Waals surface area contributed by atoms with Gasteiger partial charge in [-0.05, 0) is 41.2 Å². The van der Waals surface area contributed by atoms with E-state index in [0.29, 0.717) is 0 Å². The molecule has 0 bridgehead atoms. The first-order valence-electron chi connectivity index (χ1n) is 8.07. The Morgan fingerprint density at radius 2 is 1.83 bits per heavy atom. The van der Waals surface area contributed by atoms with Gasteiger partial charge < -0.3 is 5.32 Å². The summed E-state index contributed by atoms with van der Waals surface area (Å²) in [5, 5.41) is 7.07. The maximum absolute atomic E-state index is 11.8. The second-order valence-corrected chi connectivity index (χ2v) is 6.89. The van der Waals surface area contributed by atoms with Crippen LogP contribution in [0.4, 0.5) is 5.69 Å². The summed E-state index contributed by atoms with van der Waals surface area (Å²) in [6, 6.07) is 16.1. The lowest BCUT2D eigenvalue weighted by Crippen LogP contribution is -2.25. The SMILES string of the molecule is Cc1cccc(NCC(=O)N/N=C\c2ccc(C(C)(C)C)cc2)c1. The molecule has 0 fully saturated rings. The van der Waals surface area contributed by atoms with Crippen LogP contribution < -0.4 is 10.7 Å². The van der Waals surface area contributed by atoms with Gasteiger partial charge in [0.15, 0.2) is 0 Å². The summed E-state index contributed by atoms with van der Waals surface area (Å²) in [7, 11) is 0. The maximum Gasteiger partial charge on any atom is 0.259 e. The summed E-state index contributed by atoms with van der Waals surface area (Å²) in [5.74, 6) is -0.181. The van der Waals surface area contributed by atoms with Gasteiger partial charge in [0.1, 0.15) is 0 Å². The number of hydrogen-bond donors (Lipinski definition) is 2. The van der Waals surface area contributed by atoms with E-state index in [1.54, 1.807) is 6.21 Å². The molecule has 2 aromatic carbocycles. The number of nitrogens with zero attached hydrogens (tertiary/aromatic N) is 1. The van der Waals surface area contributed by atoms with Crippen LogP contribution in [0.3, 0.4) is 0 Å². The van der Waals surface area contributed by atoms with Gasteiger partial charge in [-0.25, -0.2) is 5.43 Å². The summed E-state index contributed by atoms with van der Waals surface area (Å²) in [4.78, 5) is 11.8. The Kier molecular flexibility index (Phi) is 5.74. The van der Waals surface area contributed by atoms with E-state index in [2.05, 4.69) is 48.7 Å². The standard InChI is InChI=1S/C20H25N3O/c1-15-6-5-7-18(12-15)21-14-19(24)23-22-13-16-8-10-17(11-9-16)20(2,3)4/h5-13,21H,14H2,1-4H3,(H,23,24)/b22-13-. The van der Waals surface area contributed by atoms with Crippen LogP contribution in [-0.2, 0) is 10.2 Å². The van der Waals surface area contributed by atoms with Crippen molar-refractivity contribution in [2.75, 3.05) is 11.9 Å². The first-order valence-corrected chi connectivity index (χ1v) is 8.07. The van der Waals surface area contributed by atoms with Gasteiger partial charge in [-0.3, -0.25) is 4.79 Å². The molecule has 4 nitrogen and oxygen atoms in total. The first kappa shape index (κ1) is 17.7. The van der Waals surface area contributed by atoms with Crippen molar-refractivity contribution >= 4 is 17.8 Å². The molecule has 0 heterocycles. The van der Waals surface area contributed by atoms with Gasteiger partial charge in [0.05, 0.1) is 12.8 Å². The van der Waals surface area contributed by atoms with Crippen molar-refractivity contribution in [2.45, 2.75) is 33.1 Å². The Morgan fingerprint density at radius 3 is 2.46 bits per heavy atom. The van der Waals surface area contributed by atoms with E-state index in [9.17, 15) is 4.79 Å². The molecule has 0 radical (unpaired) electrons. The molecule has 0 unspecified atom stereocenters. The van der Waals surface area contributed by atoms with Gasteiger partial charge in [0.2, 0.25) is 0 Å². The van der Waals surface area contributed by atoms with Crippen molar-refractivity contribution in [1.29, 1.82) is 0 Å². The second-order valence-electron chi connectivity index (χ2n) is 6.89. The number of nitrogens with one attached hydrogen (secondary N) is 2. The zero-order valence-electron chi connectivity index (χ0n) is 14.8. The molecule has 126 valence electrons. The molecule has 0 aliphatic rings. The Hall–Kier alpha value is -2.62. The van der Waals surface area contributed by atoms with Crippen LogP contribution in [0.5, 0.6) is 0 Å². The van der Waals surface area contributed by atoms with Crippen LogP contribution in [0.2, 0.25) is 0 Å². The minimum Gasteiger partial charge on any atom is -0.376 e. The lowest BCUT2D eigenvalue weighted by atomic mass is 9.87. The van der Waals surface area contributed by atoms with E-state index in [1.807, 2.05) is 43.3 Å². The molecule has 0 aliphatic carbocycles. The highest BCUT2D eigenvalue weighted by molar-refractivity contribution is 5.84. The average Bonchev–Trinajstić information content (AvgIpc) is 2.53. The van der Waals surface area contributed by atoms with Crippen molar-refractivity contribution in [3.8, 4) is 0 Å². The van der Waals surface area contributed by atoms with Gasteiger partial charge in [0, 0.05) is 5.69 Å². The normalized spacial score (nSPS) is 11.5. The van der Waals surface area contributed by atoms with Crippen LogP contribution in [0.25, 0.3) is 0 Å². The van der Waals surface area contributed by atoms with E-state index < -0.39 is 0 Å². The molecule has 0 aliphatic heterocycles. The van der Waals surface area contributed by atoms with Crippen LogP contribution in [0.15, 0.2) is 53.6 Å². The quantitative estimate of drug-likeness (QED) is 0.648. The molecule has 4 heteroatoms. The summed E-state index contributed by atoms with van der Waals surface area (Å²) < 4.78 is 0. The van der Waals surface area contributed by atoms with Gasteiger partial charge in [-0.15, -0.1) is 0 Å². The van der Waals surface area contributed by atoms with Crippen LogP contribution >= 0.6 is 0 Å². The molecule has 0 spiro atoms. The van der Waals surface area contributed by atoms with E-state index in [0.717, 1.165) is 16.8 Å². The minimum atomic E-state index is -0.181. The smallest absolute Gasteiger partial charge is 0.259 e. The van der Waals surface area contributed by atoms with Crippen LogP contribution in [-0.4, -0.2) is 18.7 Å². The van der Waals surface area contributed by atoms with Gasteiger partial charge in [0.25, 0.3) is 5.91 Å². The van der Waals surface area contributed by atoms with Gasteiger partial charge in [-0.2, -0.15) is 5.10 Å². The predicted molar refractivity (Wildman–Crippen MR) is 101 cm³/mol. The molecule has 2 rings (SSSR count). The van der Waals surface area contributed by atoms with Gasteiger partial charge >= 0.3 is 0 Å². The Morgan fingerprint density at radius 1 is 1.12 bits per heavy atom. The fraction of sp³-hybridized carbons (Fsp3) is 0.300. The molecule has 2 N–H and O–H groups in total. The lowest BCUT2D eigenvalue weighted by molar-refractivity contribution is -0.119. The van der Waals surface area contributed by atoms with E-state index in [4.69, 9.17) is 0 Å². The molecule has 0 atom stereocenters. The number of benzene rings is 2. The van der Waals surface area contributed by atoms with E-state index >= 15 is 0 Å². The second kappa shape index (κ2) is 7.77. The highest BCUT2D eigenvalue weighted by atomic mass is 16.2. The topological polar surface area (TPSA) is 53.5 Å². The molecule has 1 amide bonds. The molecule has 0 aromatic heterocycles. The Labute approximate surface area is 144 Å². The summed E-state index contributed by atoms with van der Waals surface area (Å²) >= 11 is 0. The van der Waals surface area contributed by atoms with E-state index in [1.165, 1.54) is 5.56 Å². The summed E-state index contributed by atoms with van der Waals surface area (Å²) in [6.07, 6.45) is 1.65. The highest BCUT2D eigenvalue weighted by Gasteiger charge is 2.12. The Balaban J connectivity index is 1.81. The number of rotatable bonds is 5. The zero-order chi connectivity index (χ0) is 17.6. The molecular weight excluding hydrogens is 298 g/mol. The third-order valence-corrected chi connectivity index (χ3v) is 3.65. The van der Waals surface area contributed by atoms with Crippen LogP contribution in [0, 0.1) is 6.92 Å². The average molecular weight is 323 g/mol. The lowest BCUT2D eigenvalue weighted by Gasteiger charge is -2.18. The monoisotopic (exact) mass is 323 g/mol. The largest absolute Gasteiger partial charge is 0.376 e. The van der Waals surface area contributed by atoms with Crippen molar-refractivity contribution in [1.82, 2.24) is 5.43 Å². The van der Waals surface area contributed by atoms with Crippen molar-refractivity contribution in [3.05, 3.63) is 65.2 Å². The van der Waals surface area contributed by atoms with Crippen molar-refractivity contribution < 1.29 is 4.79 Å². The molecule has 0 saturated carbocycles. The number of carbonyl (C=O) groups excluding carboxylic acids is 1. The maximum atomic E-state index is 11.8. The molecule has 2 aromatic rings. The molecular formula is C20H25N3O. The molecule has 0 saturated heterocycles. The number of anilines is 1. The van der Waals surface area contributed by atoms with Crippen molar-refractivity contribution in [3.63, 3.8) is 0 Å². The Bertz CT molecular complexity index is 712. The number of aryl methyl sites for hydroxylation is 1. The first-order chi connectivity index (χ1) is 11.3. The third kappa shape index (κ3) is 5.54. The minimum absolute atomic E-state index is 0.130. The van der Waals surface area contributed by atoms with Crippen molar-refractivity contribution in [2.24, 2.45) is 5.10 Å². The number of amides is 1. The fourth-order valence-electron chi connectivity index (χ4n) is 2.22.